The zero-order valence-corrected chi connectivity index (χ0v) is 24.5. The van der Waals surface area contributed by atoms with Crippen molar-refractivity contribution in [3.8, 4) is 6.07 Å². The van der Waals surface area contributed by atoms with Crippen molar-refractivity contribution >= 4 is 23.2 Å². The lowest BCUT2D eigenvalue weighted by atomic mass is 9.68. The molecule has 0 bridgehead atoms. The van der Waals surface area contributed by atoms with Crippen LogP contribution < -0.4 is 10.6 Å². The van der Waals surface area contributed by atoms with Crippen LogP contribution in [0.25, 0.3) is 0 Å². The average Bonchev–Trinajstić information content (AvgIpc) is 2.89. The molecule has 204 valence electrons. The fraction of sp³-hybridized carbons (Fsp3) is 0.294. The number of halogens is 1. The molecular weight excluding hydrogens is 517 g/mol. The van der Waals surface area contributed by atoms with Gasteiger partial charge in [0.15, 0.2) is 5.78 Å². The van der Waals surface area contributed by atoms with Crippen LogP contribution in [0.1, 0.15) is 60.4 Å². The van der Waals surface area contributed by atoms with Gasteiger partial charge in [0.2, 0.25) is 0 Å². The number of rotatable bonds is 5. The van der Waals surface area contributed by atoms with Gasteiger partial charge in [-0.05, 0) is 85.2 Å². The minimum Gasteiger partial charge on any atom is -0.384 e. The van der Waals surface area contributed by atoms with E-state index in [4.69, 9.17) is 5.73 Å². The standard InChI is InChI=1S/C34H34FN3OS/c1-20-14-23(19-40-25-12-10-24(35)11-13-25)22(3)26(15-20)31-27(18-36)33(37)38(28-9-7-6-8-21(28)2)29-16-34(4,5)17-30(39)32(29)31/h6-15,31H,16-17,19,37H2,1-5H3. The highest BCUT2D eigenvalue weighted by Crippen LogP contribution is 2.51. The SMILES string of the molecule is Cc1cc(CSc2ccc(F)cc2)c(C)c(C2C(C#N)=C(N)N(c3ccccc3C)C3=C2C(=O)CC(C)(C)C3)c1. The van der Waals surface area contributed by atoms with Crippen molar-refractivity contribution in [2.24, 2.45) is 11.1 Å². The number of ketones is 1. The Morgan fingerprint density at radius 2 is 1.77 bits per heavy atom. The molecule has 3 aromatic carbocycles. The molecule has 0 saturated carbocycles. The molecule has 5 rings (SSSR count). The second kappa shape index (κ2) is 10.6. The van der Waals surface area contributed by atoms with Crippen LogP contribution in [-0.4, -0.2) is 5.78 Å². The van der Waals surface area contributed by atoms with Gasteiger partial charge in [0.25, 0.3) is 0 Å². The van der Waals surface area contributed by atoms with Gasteiger partial charge in [-0.2, -0.15) is 5.26 Å². The molecule has 0 amide bonds. The van der Waals surface area contributed by atoms with E-state index >= 15 is 0 Å². The number of aryl methyl sites for hydroxylation is 2. The van der Waals surface area contributed by atoms with E-state index in [0.717, 1.165) is 44.1 Å². The Labute approximate surface area is 240 Å². The van der Waals surface area contributed by atoms with Crippen molar-refractivity contribution in [3.05, 3.63) is 117 Å². The summed E-state index contributed by atoms with van der Waals surface area (Å²) in [6.45, 7) is 10.3. The van der Waals surface area contributed by atoms with Crippen molar-refractivity contribution in [2.45, 2.75) is 64.0 Å². The molecule has 0 spiro atoms. The zero-order chi connectivity index (χ0) is 28.8. The van der Waals surface area contributed by atoms with E-state index in [1.165, 1.54) is 12.1 Å². The van der Waals surface area contributed by atoms with E-state index in [0.29, 0.717) is 35.6 Å². The van der Waals surface area contributed by atoms with Gasteiger partial charge in [-0.1, -0.05) is 49.7 Å². The molecule has 4 nitrogen and oxygen atoms in total. The van der Waals surface area contributed by atoms with Gasteiger partial charge in [-0.25, -0.2) is 4.39 Å². The number of nitriles is 1. The maximum Gasteiger partial charge on any atom is 0.162 e. The Bertz CT molecular complexity index is 1610. The average molecular weight is 552 g/mol. The van der Waals surface area contributed by atoms with E-state index in [1.807, 2.05) is 43.0 Å². The van der Waals surface area contributed by atoms with Crippen LogP contribution in [0.4, 0.5) is 10.1 Å². The maximum atomic E-state index is 14.0. The fourth-order valence-corrected chi connectivity index (χ4v) is 6.97. The number of carbonyl (C=O) groups is 1. The van der Waals surface area contributed by atoms with Gasteiger partial charge in [0.05, 0.1) is 23.2 Å². The van der Waals surface area contributed by atoms with Crippen molar-refractivity contribution in [1.82, 2.24) is 0 Å². The van der Waals surface area contributed by atoms with Crippen LogP contribution in [0.3, 0.4) is 0 Å². The first kappa shape index (κ1) is 27.7. The van der Waals surface area contributed by atoms with Crippen LogP contribution in [0.15, 0.2) is 88.2 Å². The highest BCUT2D eigenvalue weighted by Gasteiger charge is 2.45. The molecular formula is C34H34FN3OS. The van der Waals surface area contributed by atoms with Gasteiger partial charge in [0.1, 0.15) is 11.6 Å². The first-order valence-electron chi connectivity index (χ1n) is 13.5. The fourth-order valence-electron chi connectivity index (χ4n) is 6.01. The molecule has 1 aliphatic carbocycles. The summed E-state index contributed by atoms with van der Waals surface area (Å²) in [5, 5.41) is 10.5. The summed E-state index contributed by atoms with van der Waals surface area (Å²) >= 11 is 1.63. The van der Waals surface area contributed by atoms with Gasteiger partial charge in [-0.3, -0.25) is 9.69 Å². The minimum atomic E-state index is -0.529. The predicted octanol–water partition coefficient (Wildman–Crippen LogP) is 7.98. The number of hydrogen-bond donors (Lipinski definition) is 1. The lowest BCUT2D eigenvalue weighted by Gasteiger charge is -2.44. The number of allylic oxidation sites excluding steroid dienone is 3. The van der Waals surface area contributed by atoms with E-state index in [2.05, 4.69) is 39.0 Å². The molecule has 0 fully saturated rings. The van der Waals surface area contributed by atoms with E-state index in [9.17, 15) is 14.4 Å². The topological polar surface area (TPSA) is 70.1 Å². The largest absolute Gasteiger partial charge is 0.384 e. The van der Waals surface area contributed by atoms with E-state index in [1.54, 1.807) is 23.9 Å². The molecule has 1 atom stereocenters. The Morgan fingerprint density at radius 3 is 2.45 bits per heavy atom. The highest BCUT2D eigenvalue weighted by molar-refractivity contribution is 7.98. The maximum absolute atomic E-state index is 14.0. The van der Waals surface area contributed by atoms with E-state index < -0.39 is 5.92 Å². The number of Topliss-reactive ketones (excluding diaryl/α,β-unsaturated/α-hetero) is 1. The summed E-state index contributed by atoms with van der Waals surface area (Å²) in [6, 6.07) is 21.1. The number of anilines is 1. The van der Waals surface area contributed by atoms with Crippen LogP contribution >= 0.6 is 11.8 Å². The van der Waals surface area contributed by atoms with Crippen molar-refractivity contribution in [2.75, 3.05) is 4.90 Å². The normalized spacial score (nSPS) is 18.6. The Hall–Kier alpha value is -3.82. The number of thioether (sulfide) groups is 1. The van der Waals surface area contributed by atoms with Crippen molar-refractivity contribution < 1.29 is 9.18 Å². The van der Waals surface area contributed by atoms with Gasteiger partial charge in [-0.15, -0.1) is 11.8 Å². The lowest BCUT2D eigenvalue weighted by molar-refractivity contribution is -0.118. The summed E-state index contributed by atoms with van der Waals surface area (Å²) < 4.78 is 13.4. The smallest absolute Gasteiger partial charge is 0.162 e. The molecule has 0 radical (unpaired) electrons. The van der Waals surface area contributed by atoms with Gasteiger partial charge in [0, 0.05) is 28.3 Å². The third-order valence-corrected chi connectivity index (χ3v) is 9.02. The molecule has 40 heavy (non-hydrogen) atoms. The van der Waals surface area contributed by atoms with E-state index in [-0.39, 0.29) is 17.0 Å². The van der Waals surface area contributed by atoms with Crippen LogP contribution in [0.5, 0.6) is 0 Å². The second-order valence-electron chi connectivity index (χ2n) is 11.6. The first-order chi connectivity index (χ1) is 19.0. The summed E-state index contributed by atoms with van der Waals surface area (Å²) in [4.78, 5) is 16.9. The van der Waals surface area contributed by atoms with Gasteiger partial charge >= 0.3 is 0 Å². The molecule has 0 saturated heterocycles. The Morgan fingerprint density at radius 1 is 1.07 bits per heavy atom. The van der Waals surface area contributed by atoms with Crippen molar-refractivity contribution in [3.63, 3.8) is 0 Å². The molecule has 3 aromatic rings. The molecule has 0 aromatic heterocycles. The number of hydrogen-bond acceptors (Lipinski definition) is 5. The number of carbonyl (C=O) groups excluding carboxylic acids is 1. The number of nitrogens with zero attached hydrogens (tertiary/aromatic N) is 2. The van der Waals surface area contributed by atoms with Crippen LogP contribution in [0.2, 0.25) is 0 Å². The predicted molar refractivity (Wildman–Crippen MR) is 160 cm³/mol. The monoisotopic (exact) mass is 551 g/mol. The molecule has 1 unspecified atom stereocenters. The summed E-state index contributed by atoms with van der Waals surface area (Å²) in [6.07, 6.45) is 1.09. The minimum absolute atomic E-state index is 0.0678. The third-order valence-electron chi connectivity index (χ3n) is 7.96. The molecule has 2 N–H and O–H groups in total. The van der Waals surface area contributed by atoms with Crippen LogP contribution in [0, 0.1) is 43.3 Å². The number of benzene rings is 3. The zero-order valence-electron chi connectivity index (χ0n) is 23.6. The quantitative estimate of drug-likeness (QED) is 0.326. The Kier molecular flexibility index (Phi) is 7.37. The molecule has 2 aliphatic rings. The summed E-state index contributed by atoms with van der Waals surface area (Å²) in [5.41, 5.74) is 14.7. The third kappa shape index (κ3) is 5.07. The summed E-state index contributed by atoms with van der Waals surface area (Å²) in [5.74, 6) is 0.348. The molecule has 1 aliphatic heterocycles. The van der Waals surface area contributed by atoms with Crippen LogP contribution in [-0.2, 0) is 10.5 Å². The first-order valence-corrected chi connectivity index (χ1v) is 14.5. The number of para-hydroxylation sites is 1. The Balaban J connectivity index is 1.67. The lowest BCUT2D eigenvalue weighted by Crippen LogP contribution is -2.42. The van der Waals surface area contributed by atoms with Gasteiger partial charge < -0.3 is 5.73 Å². The van der Waals surface area contributed by atoms with Crippen molar-refractivity contribution in [1.29, 1.82) is 5.26 Å². The summed E-state index contributed by atoms with van der Waals surface area (Å²) in [7, 11) is 0. The second-order valence-corrected chi connectivity index (χ2v) is 12.7. The number of nitrogens with two attached hydrogens (primary N) is 1. The highest BCUT2D eigenvalue weighted by atomic mass is 32.2. The molecule has 1 heterocycles. The molecule has 6 heteroatoms.